The summed E-state index contributed by atoms with van der Waals surface area (Å²) in [7, 11) is -3.46. The number of morpholine rings is 1. The Kier molecular flexibility index (Phi) is 6.82. The molecule has 1 aliphatic heterocycles. The van der Waals surface area contributed by atoms with E-state index in [0.717, 1.165) is 32.7 Å². The molecule has 0 aromatic heterocycles. The summed E-state index contributed by atoms with van der Waals surface area (Å²) in [6, 6.07) is 14.1. The summed E-state index contributed by atoms with van der Waals surface area (Å²) >= 11 is 0. The second-order valence-corrected chi connectivity index (χ2v) is 8.46. The lowest BCUT2D eigenvalue weighted by molar-refractivity contribution is 0.122. The van der Waals surface area contributed by atoms with Gasteiger partial charge < -0.3 is 9.64 Å². The van der Waals surface area contributed by atoms with Gasteiger partial charge in [0.05, 0.1) is 19.0 Å². The van der Waals surface area contributed by atoms with Crippen molar-refractivity contribution >= 4 is 15.7 Å². The quantitative estimate of drug-likeness (QED) is 0.702. The summed E-state index contributed by atoms with van der Waals surface area (Å²) in [5.74, 6) is -0.637. The van der Waals surface area contributed by atoms with Crippen molar-refractivity contribution in [1.82, 2.24) is 4.72 Å². The van der Waals surface area contributed by atoms with E-state index in [1.807, 2.05) is 0 Å². The maximum absolute atomic E-state index is 13.2. The summed E-state index contributed by atoms with van der Waals surface area (Å²) in [4.78, 5) is 2.30. The minimum atomic E-state index is -3.46. The average Bonchev–Trinajstić information content (AvgIpc) is 2.66. The third kappa shape index (κ3) is 6.30. The highest BCUT2D eigenvalue weighted by atomic mass is 32.2. The third-order valence-electron chi connectivity index (χ3n) is 4.52. The fourth-order valence-electron chi connectivity index (χ4n) is 3.11. The van der Waals surface area contributed by atoms with Crippen LogP contribution >= 0.6 is 0 Å². The Bertz CT molecular complexity index is 835. The zero-order chi connectivity index (χ0) is 19.1. The van der Waals surface area contributed by atoms with E-state index in [1.165, 1.54) is 29.4 Å². The highest BCUT2D eigenvalue weighted by Gasteiger charge is 2.12. The number of hydrogen-bond acceptors (Lipinski definition) is 4. The Morgan fingerprint density at radius 1 is 1.04 bits per heavy atom. The number of benzene rings is 2. The van der Waals surface area contributed by atoms with Crippen LogP contribution in [0.3, 0.4) is 0 Å². The van der Waals surface area contributed by atoms with Crippen molar-refractivity contribution in [3.63, 3.8) is 0 Å². The van der Waals surface area contributed by atoms with Crippen LogP contribution in [-0.2, 0) is 26.9 Å². The largest absolute Gasteiger partial charge is 0.378 e. The van der Waals surface area contributed by atoms with Gasteiger partial charge >= 0.3 is 0 Å². The second kappa shape index (κ2) is 9.30. The standard InChI is InChI=1S/C20H25FN2O3S/c21-19-5-1-3-18(15-19)16-27(24,25)22-10-2-4-17-6-8-20(9-7-17)23-11-13-26-14-12-23/h1,3,5-9,15,22H,2,4,10-14,16H2. The second-order valence-electron chi connectivity index (χ2n) is 6.65. The molecule has 1 heterocycles. The molecule has 2 aromatic rings. The summed E-state index contributed by atoms with van der Waals surface area (Å²) in [5, 5.41) is 0. The zero-order valence-corrected chi connectivity index (χ0v) is 16.1. The van der Waals surface area contributed by atoms with E-state index in [-0.39, 0.29) is 5.75 Å². The van der Waals surface area contributed by atoms with Gasteiger partial charge in [0.15, 0.2) is 0 Å². The van der Waals surface area contributed by atoms with Crippen LogP contribution in [0.25, 0.3) is 0 Å². The third-order valence-corrected chi connectivity index (χ3v) is 5.88. The number of aryl methyl sites for hydroxylation is 1. The predicted octanol–water partition coefficient (Wildman–Crippen LogP) is 2.71. The molecular formula is C20H25FN2O3S. The first-order valence-corrected chi connectivity index (χ1v) is 10.8. The molecule has 0 radical (unpaired) electrons. The molecule has 1 N–H and O–H groups in total. The lowest BCUT2D eigenvalue weighted by Gasteiger charge is -2.28. The molecule has 0 spiro atoms. The maximum atomic E-state index is 13.2. The van der Waals surface area contributed by atoms with Gasteiger partial charge in [-0.25, -0.2) is 17.5 Å². The molecule has 0 saturated carbocycles. The number of halogens is 1. The van der Waals surface area contributed by atoms with Crippen molar-refractivity contribution < 1.29 is 17.5 Å². The number of hydrogen-bond donors (Lipinski definition) is 1. The number of nitrogens with zero attached hydrogens (tertiary/aromatic N) is 1. The van der Waals surface area contributed by atoms with Crippen LogP contribution in [0.1, 0.15) is 17.5 Å². The first kappa shape index (κ1) is 19.8. The highest BCUT2D eigenvalue weighted by molar-refractivity contribution is 7.88. The molecule has 2 aromatic carbocycles. The normalized spacial score (nSPS) is 15.1. The van der Waals surface area contributed by atoms with Crippen molar-refractivity contribution in [3.8, 4) is 0 Å². The zero-order valence-electron chi connectivity index (χ0n) is 15.2. The Labute approximate surface area is 160 Å². The Morgan fingerprint density at radius 2 is 1.78 bits per heavy atom. The average molecular weight is 392 g/mol. The SMILES string of the molecule is O=S(=O)(Cc1cccc(F)c1)NCCCc1ccc(N2CCOCC2)cc1. The van der Waals surface area contributed by atoms with Gasteiger partial charge in [-0.2, -0.15) is 0 Å². The Balaban J connectivity index is 1.42. The minimum absolute atomic E-state index is 0.209. The van der Waals surface area contributed by atoms with Crippen molar-refractivity contribution in [1.29, 1.82) is 0 Å². The summed E-state index contributed by atoms with van der Waals surface area (Å²) in [5.41, 5.74) is 2.82. The lowest BCUT2D eigenvalue weighted by Crippen LogP contribution is -2.36. The smallest absolute Gasteiger partial charge is 0.215 e. The molecule has 0 unspecified atom stereocenters. The van der Waals surface area contributed by atoms with Crippen LogP contribution in [0.15, 0.2) is 48.5 Å². The van der Waals surface area contributed by atoms with Crippen LogP contribution in [0.2, 0.25) is 0 Å². The monoisotopic (exact) mass is 392 g/mol. The van der Waals surface area contributed by atoms with Crippen molar-refractivity contribution in [3.05, 3.63) is 65.5 Å². The summed E-state index contributed by atoms with van der Waals surface area (Å²) in [6.45, 7) is 3.71. The van der Waals surface area contributed by atoms with E-state index in [1.54, 1.807) is 6.07 Å². The summed E-state index contributed by atoms with van der Waals surface area (Å²) in [6.07, 6.45) is 1.51. The Morgan fingerprint density at radius 3 is 2.48 bits per heavy atom. The van der Waals surface area contributed by atoms with E-state index in [0.29, 0.717) is 18.5 Å². The molecule has 0 amide bonds. The molecule has 5 nitrogen and oxygen atoms in total. The van der Waals surface area contributed by atoms with Gasteiger partial charge in [0.2, 0.25) is 10.0 Å². The fraction of sp³-hybridized carbons (Fsp3) is 0.400. The number of sulfonamides is 1. The van der Waals surface area contributed by atoms with Crippen molar-refractivity contribution in [2.24, 2.45) is 0 Å². The molecule has 1 fully saturated rings. The van der Waals surface area contributed by atoms with Crippen LogP contribution in [0.5, 0.6) is 0 Å². The van der Waals surface area contributed by atoms with E-state index >= 15 is 0 Å². The minimum Gasteiger partial charge on any atom is -0.378 e. The fourth-order valence-corrected chi connectivity index (χ4v) is 4.29. The molecular weight excluding hydrogens is 367 g/mol. The van der Waals surface area contributed by atoms with Crippen molar-refractivity contribution in [2.45, 2.75) is 18.6 Å². The van der Waals surface area contributed by atoms with E-state index in [4.69, 9.17) is 4.74 Å². The van der Waals surface area contributed by atoms with E-state index in [9.17, 15) is 12.8 Å². The van der Waals surface area contributed by atoms with Crippen LogP contribution in [-0.4, -0.2) is 41.3 Å². The van der Waals surface area contributed by atoms with Crippen molar-refractivity contribution in [2.75, 3.05) is 37.7 Å². The van der Waals surface area contributed by atoms with E-state index < -0.39 is 15.8 Å². The molecule has 1 aliphatic rings. The molecule has 0 aliphatic carbocycles. The molecule has 0 bridgehead atoms. The lowest BCUT2D eigenvalue weighted by atomic mass is 10.1. The highest BCUT2D eigenvalue weighted by Crippen LogP contribution is 2.17. The van der Waals surface area contributed by atoms with Gasteiger partial charge in [-0.15, -0.1) is 0 Å². The number of ether oxygens (including phenoxy) is 1. The van der Waals surface area contributed by atoms with Crippen LogP contribution < -0.4 is 9.62 Å². The topological polar surface area (TPSA) is 58.6 Å². The molecule has 1 saturated heterocycles. The summed E-state index contributed by atoms with van der Waals surface area (Å²) < 4.78 is 45.3. The Hall–Kier alpha value is -1.96. The maximum Gasteiger partial charge on any atom is 0.215 e. The first-order valence-electron chi connectivity index (χ1n) is 9.15. The predicted molar refractivity (Wildman–Crippen MR) is 105 cm³/mol. The van der Waals surface area contributed by atoms with Crippen LogP contribution in [0, 0.1) is 5.82 Å². The molecule has 146 valence electrons. The van der Waals surface area contributed by atoms with Gasteiger partial charge in [-0.3, -0.25) is 0 Å². The van der Waals surface area contributed by atoms with Gasteiger partial charge in [0.1, 0.15) is 5.82 Å². The molecule has 0 atom stereocenters. The van der Waals surface area contributed by atoms with Gasteiger partial charge in [-0.05, 0) is 48.2 Å². The molecule has 3 rings (SSSR count). The number of rotatable bonds is 8. The molecule has 7 heteroatoms. The first-order chi connectivity index (χ1) is 13.0. The number of nitrogens with one attached hydrogen (secondary N) is 1. The number of anilines is 1. The van der Waals surface area contributed by atoms with E-state index in [2.05, 4.69) is 33.9 Å². The molecule has 27 heavy (non-hydrogen) atoms. The van der Waals surface area contributed by atoms with Crippen LogP contribution in [0.4, 0.5) is 10.1 Å². The van der Waals surface area contributed by atoms with Gasteiger partial charge in [0.25, 0.3) is 0 Å². The van der Waals surface area contributed by atoms with Gasteiger partial charge in [-0.1, -0.05) is 24.3 Å². The van der Waals surface area contributed by atoms with Gasteiger partial charge in [0, 0.05) is 25.3 Å².